The van der Waals surface area contributed by atoms with Gasteiger partial charge in [-0.2, -0.15) is 0 Å². The lowest BCUT2D eigenvalue weighted by Gasteiger charge is -2.49. The minimum atomic E-state index is -0.950. The number of hydrogen-bond donors (Lipinski definition) is 1. The van der Waals surface area contributed by atoms with Gasteiger partial charge in [-0.3, -0.25) is 19.4 Å². The van der Waals surface area contributed by atoms with Crippen molar-refractivity contribution in [1.82, 2.24) is 14.7 Å². The van der Waals surface area contributed by atoms with Gasteiger partial charge in [-0.15, -0.1) is 0 Å². The van der Waals surface area contributed by atoms with E-state index in [1.807, 2.05) is 18.2 Å². The lowest BCUT2D eigenvalue weighted by molar-refractivity contribution is -0.144. The van der Waals surface area contributed by atoms with Crippen LogP contribution >= 0.6 is 0 Å². The van der Waals surface area contributed by atoms with Crippen molar-refractivity contribution >= 4 is 11.9 Å². The van der Waals surface area contributed by atoms with E-state index < -0.39 is 5.97 Å². The first-order valence-electron chi connectivity index (χ1n) is 9.48. The topological polar surface area (TPSA) is 73.3 Å². The molecule has 0 aromatic heterocycles. The molecule has 7 nitrogen and oxygen atoms in total. The summed E-state index contributed by atoms with van der Waals surface area (Å²) < 4.78 is 5.49. The van der Waals surface area contributed by atoms with E-state index in [-0.39, 0.29) is 18.0 Å². The van der Waals surface area contributed by atoms with Crippen LogP contribution < -0.4 is 4.74 Å². The molecule has 0 radical (unpaired) electrons. The fraction of sp³-hybridized carbons (Fsp3) is 0.600. The summed E-state index contributed by atoms with van der Waals surface area (Å²) in [4.78, 5) is 29.7. The average molecular weight is 375 g/mol. The molecule has 2 fully saturated rings. The summed E-state index contributed by atoms with van der Waals surface area (Å²) in [5, 5.41) is 9.06. The van der Waals surface area contributed by atoms with Crippen molar-refractivity contribution in [3.63, 3.8) is 0 Å². The molecule has 148 valence electrons. The number of carboxylic acid groups (broad SMARTS) is 1. The lowest BCUT2D eigenvalue weighted by atomic mass is 9.86. The molecule has 1 aromatic carbocycles. The van der Waals surface area contributed by atoms with Crippen LogP contribution in [0.2, 0.25) is 0 Å². The van der Waals surface area contributed by atoms with Crippen molar-refractivity contribution in [3.8, 4) is 5.75 Å². The summed E-state index contributed by atoms with van der Waals surface area (Å²) in [6.07, 6.45) is 1.96. The molecule has 2 saturated heterocycles. The van der Waals surface area contributed by atoms with Gasteiger partial charge in [-0.25, -0.2) is 0 Å². The van der Waals surface area contributed by atoms with Gasteiger partial charge < -0.3 is 14.7 Å². The Morgan fingerprint density at radius 3 is 2.74 bits per heavy atom. The van der Waals surface area contributed by atoms with Crippen LogP contribution in [0.5, 0.6) is 5.75 Å². The molecule has 1 aromatic rings. The van der Waals surface area contributed by atoms with Gasteiger partial charge in [-0.05, 0) is 26.0 Å². The zero-order valence-electron chi connectivity index (χ0n) is 16.2. The maximum Gasteiger partial charge on any atom is 0.323 e. The number of para-hydroxylation sites is 1. The maximum absolute atomic E-state index is 12.4. The Bertz CT molecular complexity index is 696. The van der Waals surface area contributed by atoms with E-state index in [1.165, 1.54) is 4.90 Å². The number of ether oxygens (including phenoxy) is 1. The van der Waals surface area contributed by atoms with Gasteiger partial charge in [0.25, 0.3) is 0 Å². The molecule has 7 heteroatoms. The fourth-order valence-corrected chi connectivity index (χ4v) is 4.31. The van der Waals surface area contributed by atoms with Crippen molar-refractivity contribution in [2.45, 2.75) is 31.3 Å². The van der Waals surface area contributed by atoms with Gasteiger partial charge in [-0.1, -0.05) is 18.2 Å². The van der Waals surface area contributed by atoms with Crippen molar-refractivity contribution < 1.29 is 19.4 Å². The zero-order chi connectivity index (χ0) is 19.4. The molecule has 0 bridgehead atoms. The third-order valence-corrected chi connectivity index (χ3v) is 6.00. The largest absolute Gasteiger partial charge is 0.496 e. The fourth-order valence-electron chi connectivity index (χ4n) is 4.31. The van der Waals surface area contributed by atoms with Gasteiger partial charge >= 0.3 is 5.97 Å². The average Bonchev–Trinajstić information content (AvgIpc) is 2.80. The number of carboxylic acids is 1. The Hall–Kier alpha value is -2.12. The second kappa shape index (κ2) is 8.27. The highest BCUT2D eigenvalue weighted by Gasteiger charge is 2.42. The highest BCUT2D eigenvalue weighted by molar-refractivity contribution is 5.81. The summed E-state index contributed by atoms with van der Waals surface area (Å²) >= 11 is 0. The molecule has 0 saturated carbocycles. The number of methoxy groups -OCH3 is 1. The number of piperazine rings is 1. The number of carbonyl (C=O) groups excluding carboxylic acids is 1. The van der Waals surface area contributed by atoms with E-state index in [2.05, 4.69) is 22.9 Å². The van der Waals surface area contributed by atoms with Gasteiger partial charge in [0.15, 0.2) is 0 Å². The standard InChI is InChI=1S/C20H29N3O4/c1-21-11-12-22(13-16-5-3-4-6-17(16)27-2)15-20(21)8-7-18(24)23(10-9-20)14-19(25)26/h3-6H,7-15H2,1-2H3,(H,25,26)/t20-/m0/s1. The minimum absolute atomic E-state index is 0.0514. The molecular formula is C20H29N3O4. The monoisotopic (exact) mass is 375 g/mol. The minimum Gasteiger partial charge on any atom is -0.496 e. The summed E-state index contributed by atoms with van der Waals surface area (Å²) in [5.74, 6) is -0.104. The molecule has 0 aliphatic carbocycles. The van der Waals surface area contributed by atoms with E-state index in [9.17, 15) is 9.59 Å². The number of likely N-dealkylation sites (tertiary alicyclic amines) is 1. The predicted octanol–water partition coefficient (Wildman–Crippen LogP) is 1.28. The first-order chi connectivity index (χ1) is 12.9. The highest BCUT2D eigenvalue weighted by Crippen LogP contribution is 2.33. The predicted molar refractivity (Wildman–Crippen MR) is 102 cm³/mol. The van der Waals surface area contributed by atoms with Crippen molar-refractivity contribution in [2.24, 2.45) is 0 Å². The third kappa shape index (κ3) is 4.42. The van der Waals surface area contributed by atoms with Gasteiger partial charge in [0, 0.05) is 50.2 Å². The molecule has 2 heterocycles. The molecule has 0 unspecified atom stereocenters. The summed E-state index contributed by atoms with van der Waals surface area (Å²) in [6, 6.07) is 8.07. The molecule has 2 aliphatic rings. The molecule has 27 heavy (non-hydrogen) atoms. The number of likely N-dealkylation sites (N-methyl/N-ethyl adjacent to an activating group) is 1. The molecule has 1 spiro atoms. The number of nitrogens with zero attached hydrogens (tertiary/aromatic N) is 3. The number of carbonyl (C=O) groups is 2. The summed E-state index contributed by atoms with van der Waals surface area (Å²) in [6.45, 7) is 3.87. The first-order valence-corrected chi connectivity index (χ1v) is 9.48. The number of amides is 1. The quantitative estimate of drug-likeness (QED) is 0.836. The molecule has 1 N–H and O–H groups in total. The zero-order valence-corrected chi connectivity index (χ0v) is 16.2. The second-order valence-electron chi connectivity index (χ2n) is 7.63. The lowest BCUT2D eigenvalue weighted by Crippen LogP contribution is -2.60. The Morgan fingerprint density at radius 1 is 1.22 bits per heavy atom. The third-order valence-electron chi connectivity index (χ3n) is 6.00. The number of benzene rings is 1. The molecule has 2 aliphatic heterocycles. The SMILES string of the molecule is COc1ccccc1CN1CCN(C)[C@]2(CCC(=O)N(CC(=O)O)CC2)C1. The van der Waals surface area contributed by atoms with E-state index in [0.717, 1.165) is 50.3 Å². The molecule has 3 rings (SSSR count). The van der Waals surface area contributed by atoms with E-state index in [0.29, 0.717) is 13.0 Å². The van der Waals surface area contributed by atoms with Crippen LogP contribution in [0.4, 0.5) is 0 Å². The van der Waals surface area contributed by atoms with Crippen molar-refractivity contribution in [2.75, 3.05) is 46.9 Å². The normalized spacial score (nSPS) is 24.8. The summed E-state index contributed by atoms with van der Waals surface area (Å²) in [7, 11) is 3.82. The number of rotatable bonds is 5. The Labute approximate surface area is 160 Å². The van der Waals surface area contributed by atoms with Crippen LogP contribution in [-0.4, -0.2) is 84.1 Å². The smallest absolute Gasteiger partial charge is 0.323 e. The second-order valence-corrected chi connectivity index (χ2v) is 7.63. The Kier molecular flexibility index (Phi) is 6.01. The van der Waals surface area contributed by atoms with Gasteiger partial charge in [0.2, 0.25) is 5.91 Å². The molecule has 1 atom stereocenters. The number of hydrogen-bond acceptors (Lipinski definition) is 5. The Balaban J connectivity index is 1.72. The number of aliphatic carboxylic acids is 1. The van der Waals surface area contributed by atoms with Crippen LogP contribution in [0.1, 0.15) is 24.8 Å². The van der Waals surface area contributed by atoms with Crippen molar-refractivity contribution in [3.05, 3.63) is 29.8 Å². The van der Waals surface area contributed by atoms with Gasteiger partial charge in [0.1, 0.15) is 12.3 Å². The van der Waals surface area contributed by atoms with E-state index in [1.54, 1.807) is 7.11 Å². The highest BCUT2D eigenvalue weighted by atomic mass is 16.5. The Morgan fingerprint density at radius 2 is 2.00 bits per heavy atom. The van der Waals surface area contributed by atoms with Crippen LogP contribution in [0.3, 0.4) is 0 Å². The first kappa shape index (κ1) is 19.6. The van der Waals surface area contributed by atoms with E-state index >= 15 is 0 Å². The van der Waals surface area contributed by atoms with Crippen molar-refractivity contribution in [1.29, 1.82) is 0 Å². The molecule has 1 amide bonds. The van der Waals surface area contributed by atoms with E-state index in [4.69, 9.17) is 9.84 Å². The summed E-state index contributed by atoms with van der Waals surface area (Å²) in [5.41, 5.74) is 1.07. The maximum atomic E-state index is 12.4. The van der Waals surface area contributed by atoms with Crippen LogP contribution in [0.15, 0.2) is 24.3 Å². The van der Waals surface area contributed by atoms with Gasteiger partial charge in [0.05, 0.1) is 7.11 Å². The van der Waals surface area contributed by atoms with Crippen LogP contribution in [0, 0.1) is 0 Å². The van der Waals surface area contributed by atoms with Crippen LogP contribution in [0.25, 0.3) is 0 Å². The molecular weight excluding hydrogens is 346 g/mol. The van der Waals surface area contributed by atoms with Crippen LogP contribution in [-0.2, 0) is 16.1 Å².